The number of benzene rings is 1. The standard InChI is InChI=1S/C19H24BrN3O5S/c1-19(2,3)28-18(25)22-10-13-5-4-8-23(13)29(26,27)16-11-21-17(24)14-7-6-12(20)9-15(14)16/h6-7,9,11,13H,4-5,8,10H2,1-3H3,(H,21,24)(H,22,25)/t13-/m1/s1. The first-order valence-electron chi connectivity index (χ1n) is 9.29. The number of carbonyl (C=O) groups is 1. The zero-order valence-electron chi connectivity index (χ0n) is 16.5. The molecule has 0 saturated carbocycles. The molecular formula is C19H24BrN3O5S. The van der Waals surface area contributed by atoms with Gasteiger partial charge in [-0.2, -0.15) is 4.31 Å². The summed E-state index contributed by atoms with van der Waals surface area (Å²) >= 11 is 3.34. The number of hydrogen-bond donors (Lipinski definition) is 2. The van der Waals surface area contributed by atoms with Gasteiger partial charge in [0, 0.05) is 40.6 Å². The summed E-state index contributed by atoms with van der Waals surface area (Å²) in [6.45, 7) is 5.78. The summed E-state index contributed by atoms with van der Waals surface area (Å²) in [4.78, 5) is 26.6. The zero-order chi connectivity index (χ0) is 21.4. The molecule has 3 rings (SSSR count). The van der Waals surface area contributed by atoms with Crippen LogP contribution < -0.4 is 10.9 Å². The van der Waals surface area contributed by atoms with E-state index in [-0.39, 0.29) is 23.0 Å². The van der Waals surface area contributed by atoms with Crippen molar-refractivity contribution in [2.75, 3.05) is 13.1 Å². The number of H-pyrrole nitrogens is 1. The second kappa shape index (κ2) is 8.08. The molecule has 0 aliphatic carbocycles. The van der Waals surface area contributed by atoms with Crippen molar-refractivity contribution in [2.24, 2.45) is 0 Å². The van der Waals surface area contributed by atoms with Gasteiger partial charge in [0.2, 0.25) is 10.0 Å². The Hall–Kier alpha value is -1.91. The van der Waals surface area contributed by atoms with E-state index >= 15 is 0 Å². The quantitative estimate of drug-likeness (QED) is 0.691. The molecule has 0 bridgehead atoms. The highest BCUT2D eigenvalue weighted by atomic mass is 79.9. The molecule has 2 heterocycles. The van der Waals surface area contributed by atoms with Gasteiger partial charge in [0.1, 0.15) is 10.5 Å². The highest BCUT2D eigenvalue weighted by Crippen LogP contribution is 2.30. The Morgan fingerprint density at radius 1 is 1.34 bits per heavy atom. The normalized spacial score (nSPS) is 18.1. The van der Waals surface area contributed by atoms with Crippen molar-refractivity contribution < 1.29 is 17.9 Å². The van der Waals surface area contributed by atoms with Crippen LogP contribution in [0.1, 0.15) is 33.6 Å². The molecule has 158 valence electrons. The largest absolute Gasteiger partial charge is 0.444 e. The average molecular weight is 486 g/mol. The molecule has 1 aromatic carbocycles. The first kappa shape index (κ1) is 21.8. The number of aromatic nitrogens is 1. The summed E-state index contributed by atoms with van der Waals surface area (Å²) < 4.78 is 34.1. The maximum Gasteiger partial charge on any atom is 0.407 e. The molecule has 1 saturated heterocycles. The maximum atomic E-state index is 13.4. The molecule has 0 radical (unpaired) electrons. The molecule has 1 atom stereocenters. The van der Waals surface area contributed by atoms with E-state index in [0.29, 0.717) is 34.6 Å². The Kier molecular flexibility index (Phi) is 6.07. The van der Waals surface area contributed by atoms with Crippen LogP contribution in [-0.2, 0) is 14.8 Å². The number of carbonyl (C=O) groups excluding carboxylic acids is 1. The van der Waals surface area contributed by atoms with Gasteiger partial charge in [-0.15, -0.1) is 0 Å². The van der Waals surface area contributed by atoms with E-state index in [4.69, 9.17) is 4.74 Å². The average Bonchev–Trinajstić information content (AvgIpc) is 3.08. The molecule has 10 heteroatoms. The van der Waals surface area contributed by atoms with Gasteiger partial charge < -0.3 is 15.0 Å². The molecule has 0 unspecified atom stereocenters. The lowest BCUT2D eigenvalue weighted by molar-refractivity contribution is 0.0519. The highest BCUT2D eigenvalue weighted by molar-refractivity contribution is 9.10. The van der Waals surface area contributed by atoms with Gasteiger partial charge in [-0.05, 0) is 51.8 Å². The Bertz CT molecular complexity index is 1090. The van der Waals surface area contributed by atoms with Gasteiger partial charge in [-0.3, -0.25) is 4.79 Å². The first-order valence-corrected chi connectivity index (χ1v) is 11.5. The summed E-state index contributed by atoms with van der Waals surface area (Å²) in [5.41, 5.74) is -0.982. The van der Waals surface area contributed by atoms with Gasteiger partial charge in [-0.25, -0.2) is 13.2 Å². The van der Waals surface area contributed by atoms with Crippen LogP contribution in [0.3, 0.4) is 0 Å². The van der Waals surface area contributed by atoms with Crippen molar-refractivity contribution in [1.82, 2.24) is 14.6 Å². The fourth-order valence-electron chi connectivity index (χ4n) is 3.39. The number of nitrogens with zero attached hydrogens (tertiary/aromatic N) is 1. The SMILES string of the molecule is CC(C)(C)OC(=O)NC[C@H]1CCCN1S(=O)(=O)c1c[nH]c(=O)c2ccc(Br)cc12. The van der Waals surface area contributed by atoms with Crippen LogP contribution in [0.2, 0.25) is 0 Å². The number of halogens is 1. The number of amides is 1. The molecule has 2 aromatic rings. The molecule has 1 aliphatic heterocycles. The monoisotopic (exact) mass is 485 g/mol. The lowest BCUT2D eigenvalue weighted by atomic mass is 10.2. The lowest BCUT2D eigenvalue weighted by Crippen LogP contribution is -2.44. The van der Waals surface area contributed by atoms with Gasteiger partial charge in [0.05, 0.1) is 0 Å². The van der Waals surface area contributed by atoms with E-state index in [1.807, 2.05) is 0 Å². The molecule has 1 aromatic heterocycles. The Morgan fingerprint density at radius 2 is 2.07 bits per heavy atom. The van der Waals surface area contributed by atoms with Gasteiger partial charge in [0.25, 0.3) is 5.56 Å². The minimum atomic E-state index is -3.88. The van der Waals surface area contributed by atoms with Gasteiger partial charge >= 0.3 is 6.09 Å². The van der Waals surface area contributed by atoms with Crippen molar-refractivity contribution in [2.45, 2.75) is 50.2 Å². The minimum Gasteiger partial charge on any atom is -0.444 e. The summed E-state index contributed by atoms with van der Waals surface area (Å²) in [6.07, 6.45) is 1.97. The van der Waals surface area contributed by atoms with Crippen molar-refractivity contribution >= 4 is 42.8 Å². The number of sulfonamides is 1. The molecular weight excluding hydrogens is 462 g/mol. The van der Waals surface area contributed by atoms with E-state index in [1.54, 1.807) is 39.0 Å². The fraction of sp³-hybridized carbons (Fsp3) is 0.474. The number of pyridine rings is 1. The highest BCUT2D eigenvalue weighted by Gasteiger charge is 2.36. The van der Waals surface area contributed by atoms with Crippen LogP contribution in [0.25, 0.3) is 10.8 Å². The van der Waals surface area contributed by atoms with Crippen molar-refractivity contribution in [3.05, 3.63) is 39.2 Å². The van der Waals surface area contributed by atoms with E-state index in [2.05, 4.69) is 26.2 Å². The third-order valence-electron chi connectivity index (χ3n) is 4.62. The number of fused-ring (bicyclic) bond motifs is 1. The van der Waals surface area contributed by atoms with Gasteiger partial charge in [-0.1, -0.05) is 15.9 Å². The first-order chi connectivity index (χ1) is 13.5. The summed E-state index contributed by atoms with van der Waals surface area (Å²) in [6, 6.07) is 4.52. The smallest absolute Gasteiger partial charge is 0.407 e. The number of nitrogens with one attached hydrogen (secondary N) is 2. The van der Waals surface area contributed by atoms with E-state index in [9.17, 15) is 18.0 Å². The maximum absolute atomic E-state index is 13.4. The third-order valence-corrected chi connectivity index (χ3v) is 7.10. The van der Waals surface area contributed by atoms with Crippen LogP contribution in [0.15, 0.2) is 38.6 Å². The van der Waals surface area contributed by atoms with E-state index in [0.717, 1.165) is 0 Å². The second-order valence-corrected chi connectivity index (χ2v) is 10.7. The van der Waals surface area contributed by atoms with Crippen LogP contribution in [-0.4, -0.2) is 48.5 Å². The van der Waals surface area contributed by atoms with Crippen LogP contribution in [0, 0.1) is 0 Å². The topological polar surface area (TPSA) is 109 Å². The van der Waals surface area contributed by atoms with Gasteiger partial charge in [0.15, 0.2) is 0 Å². The molecule has 29 heavy (non-hydrogen) atoms. The van der Waals surface area contributed by atoms with Crippen LogP contribution >= 0.6 is 15.9 Å². The Labute approximate surface area is 177 Å². The van der Waals surface area contributed by atoms with Crippen LogP contribution in [0.5, 0.6) is 0 Å². The molecule has 1 fully saturated rings. The third kappa shape index (κ3) is 4.81. The Morgan fingerprint density at radius 3 is 2.76 bits per heavy atom. The Balaban J connectivity index is 1.88. The van der Waals surface area contributed by atoms with E-state index in [1.165, 1.54) is 10.5 Å². The summed E-state index contributed by atoms with van der Waals surface area (Å²) in [5, 5.41) is 3.32. The van der Waals surface area contributed by atoms with Crippen molar-refractivity contribution in [3.8, 4) is 0 Å². The van der Waals surface area contributed by atoms with Crippen molar-refractivity contribution in [1.29, 1.82) is 0 Å². The molecule has 8 nitrogen and oxygen atoms in total. The second-order valence-electron chi connectivity index (χ2n) is 7.97. The number of ether oxygens (including phenoxy) is 1. The van der Waals surface area contributed by atoms with E-state index < -0.39 is 21.7 Å². The van der Waals surface area contributed by atoms with Crippen LogP contribution in [0.4, 0.5) is 4.79 Å². The lowest BCUT2D eigenvalue weighted by Gasteiger charge is -2.26. The minimum absolute atomic E-state index is 0.0394. The number of hydrogen-bond acceptors (Lipinski definition) is 5. The predicted octanol–water partition coefficient (Wildman–Crippen LogP) is 2.97. The predicted molar refractivity (Wildman–Crippen MR) is 113 cm³/mol. The summed E-state index contributed by atoms with van der Waals surface area (Å²) in [7, 11) is -3.88. The molecule has 2 N–H and O–H groups in total. The fourth-order valence-corrected chi connectivity index (χ4v) is 5.60. The molecule has 1 amide bonds. The zero-order valence-corrected chi connectivity index (χ0v) is 18.9. The molecule has 0 spiro atoms. The molecule has 1 aliphatic rings. The summed E-state index contributed by atoms with van der Waals surface area (Å²) in [5.74, 6) is 0. The number of aromatic amines is 1. The number of alkyl carbamates (subject to hydrolysis) is 1. The number of rotatable bonds is 4. The van der Waals surface area contributed by atoms with Crippen molar-refractivity contribution in [3.63, 3.8) is 0 Å².